The summed E-state index contributed by atoms with van der Waals surface area (Å²) in [6, 6.07) is 9.54. The Morgan fingerprint density at radius 1 is 1.07 bits per heavy atom. The number of hydrogen-bond donors (Lipinski definition) is 1. The third-order valence-electron chi connectivity index (χ3n) is 4.70. The van der Waals surface area contributed by atoms with Crippen molar-refractivity contribution in [1.82, 2.24) is 4.31 Å². The minimum atomic E-state index is -3.78. The molecule has 0 unspecified atom stereocenters. The molecule has 0 atom stereocenters. The Hall–Kier alpha value is -2.72. The molecule has 1 saturated heterocycles. The van der Waals surface area contributed by atoms with Gasteiger partial charge in [-0.15, -0.1) is 0 Å². The summed E-state index contributed by atoms with van der Waals surface area (Å²) in [5.41, 5.74) is 0.470. The fourth-order valence-corrected chi connectivity index (χ4v) is 4.89. The predicted molar refractivity (Wildman–Crippen MR) is 107 cm³/mol. The van der Waals surface area contributed by atoms with E-state index in [-0.39, 0.29) is 27.6 Å². The van der Waals surface area contributed by atoms with E-state index in [1.165, 1.54) is 53.9 Å². The molecule has 30 heavy (non-hydrogen) atoms. The van der Waals surface area contributed by atoms with Gasteiger partial charge in [0.1, 0.15) is 16.4 Å². The average molecular weight is 440 g/mol. The largest absolute Gasteiger partial charge is 0.495 e. The molecule has 10 heteroatoms. The highest BCUT2D eigenvalue weighted by Crippen LogP contribution is 2.31. The Balaban J connectivity index is 1.81. The summed E-state index contributed by atoms with van der Waals surface area (Å²) < 4.78 is 61.5. The topological polar surface area (TPSA) is 84.9 Å². The van der Waals surface area contributed by atoms with E-state index in [1.807, 2.05) is 0 Å². The third-order valence-corrected chi connectivity index (χ3v) is 6.62. The minimum Gasteiger partial charge on any atom is -0.495 e. The predicted octanol–water partition coefficient (Wildman–Crippen LogP) is 3.72. The molecule has 0 bridgehead atoms. The lowest BCUT2D eigenvalue weighted by atomic mass is 10.2. The van der Waals surface area contributed by atoms with E-state index in [0.717, 1.165) is 19.3 Å². The summed E-state index contributed by atoms with van der Waals surface area (Å²) >= 11 is 0. The number of hydrogen-bond acceptors (Lipinski definition) is 5. The maximum Gasteiger partial charge on any atom is 0.387 e. The SMILES string of the molecule is COc1ccc(NC(=O)c2ccc(OC(F)F)cc2)cc1S(=O)(=O)N1CCCCC1. The average Bonchev–Trinajstić information content (AvgIpc) is 2.74. The highest BCUT2D eigenvalue weighted by atomic mass is 32.2. The number of anilines is 1. The number of ether oxygens (including phenoxy) is 2. The summed E-state index contributed by atoms with van der Waals surface area (Å²) in [5.74, 6) is -0.405. The molecular formula is C20H22F2N2O5S. The van der Waals surface area contributed by atoms with Crippen molar-refractivity contribution in [3.8, 4) is 11.5 Å². The number of rotatable bonds is 7. The summed E-state index contributed by atoms with van der Waals surface area (Å²) in [4.78, 5) is 12.5. The highest BCUT2D eigenvalue weighted by molar-refractivity contribution is 7.89. The fourth-order valence-electron chi connectivity index (χ4n) is 3.19. The van der Waals surface area contributed by atoms with E-state index in [2.05, 4.69) is 10.1 Å². The van der Waals surface area contributed by atoms with Crippen molar-refractivity contribution < 1.29 is 31.5 Å². The monoisotopic (exact) mass is 440 g/mol. The van der Waals surface area contributed by atoms with Crippen LogP contribution in [0.5, 0.6) is 11.5 Å². The van der Waals surface area contributed by atoms with Gasteiger partial charge in [-0.2, -0.15) is 13.1 Å². The Morgan fingerprint density at radius 3 is 2.33 bits per heavy atom. The van der Waals surface area contributed by atoms with Crippen molar-refractivity contribution in [3.05, 3.63) is 48.0 Å². The third kappa shape index (κ3) is 5.06. The number of nitrogens with zero attached hydrogens (tertiary/aromatic N) is 1. The van der Waals surface area contributed by atoms with E-state index in [4.69, 9.17) is 4.74 Å². The van der Waals surface area contributed by atoms with Crippen molar-refractivity contribution in [2.24, 2.45) is 0 Å². The van der Waals surface area contributed by atoms with Crippen LogP contribution in [-0.2, 0) is 10.0 Å². The first-order valence-electron chi connectivity index (χ1n) is 9.35. The molecule has 2 aromatic carbocycles. The number of alkyl halides is 2. The van der Waals surface area contributed by atoms with Crippen LogP contribution in [0.1, 0.15) is 29.6 Å². The van der Waals surface area contributed by atoms with Crippen LogP contribution in [0, 0.1) is 0 Å². The molecule has 3 rings (SSSR count). The van der Waals surface area contributed by atoms with Crippen LogP contribution in [0.4, 0.5) is 14.5 Å². The van der Waals surface area contributed by atoms with Crippen LogP contribution in [-0.4, -0.2) is 45.4 Å². The van der Waals surface area contributed by atoms with E-state index in [0.29, 0.717) is 13.1 Å². The quantitative estimate of drug-likeness (QED) is 0.709. The molecule has 0 spiro atoms. The molecule has 7 nitrogen and oxygen atoms in total. The Morgan fingerprint density at radius 2 is 1.73 bits per heavy atom. The molecule has 2 aromatic rings. The highest BCUT2D eigenvalue weighted by Gasteiger charge is 2.29. The lowest BCUT2D eigenvalue weighted by molar-refractivity contribution is -0.0498. The zero-order valence-electron chi connectivity index (χ0n) is 16.3. The Kier molecular flexibility index (Phi) is 6.88. The second-order valence-electron chi connectivity index (χ2n) is 6.69. The summed E-state index contributed by atoms with van der Waals surface area (Å²) in [6.45, 7) is -2.08. The number of methoxy groups -OCH3 is 1. The van der Waals surface area contributed by atoms with E-state index >= 15 is 0 Å². The van der Waals surface area contributed by atoms with Gasteiger partial charge in [0, 0.05) is 24.3 Å². The van der Waals surface area contributed by atoms with E-state index < -0.39 is 22.5 Å². The van der Waals surface area contributed by atoms with Gasteiger partial charge in [-0.1, -0.05) is 6.42 Å². The zero-order valence-corrected chi connectivity index (χ0v) is 17.1. The van der Waals surface area contributed by atoms with Crippen LogP contribution >= 0.6 is 0 Å². The van der Waals surface area contributed by atoms with Crippen LogP contribution in [0.2, 0.25) is 0 Å². The minimum absolute atomic E-state index is 0.0228. The van der Waals surface area contributed by atoms with Gasteiger partial charge in [-0.05, 0) is 55.3 Å². The van der Waals surface area contributed by atoms with Gasteiger partial charge in [0.05, 0.1) is 7.11 Å². The van der Waals surface area contributed by atoms with Gasteiger partial charge >= 0.3 is 6.61 Å². The second-order valence-corrected chi connectivity index (χ2v) is 8.59. The van der Waals surface area contributed by atoms with Gasteiger partial charge in [-0.3, -0.25) is 4.79 Å². The normalized spacial score (nSPS) is 15.1. The Bertz CT molecular complexity index is 991. The number of piperidine rings is 1. The smallest absolute Gasteiger partial charge is 0.387 e. The molecule has 1 amide bonds. The van der Waals surface area contributed by atoms with Crippen molar-refractivity contribution in [1.29, 1.82) is 0 Å². The summed E-state index contributed by atoms with van der Waals surface area (Å²) in [6.07, 6.45) is 2.58. The van der Waals surface area contributed by atoms with Crippen LogP contribution in [0.3, 0.4) is 0 Å². The molecule has 1 heterocycles. The molecule has 162 valence electrons. The maximum absolute atomic E-state index is 13.1. The lowest BCUT2D eigenvalue weighted by Crippen LogP contribution is -2.35. The fraction of sp³-hybridized carbons (Fsp3) is 0.350. The first-order valence-corrected chi connectivity index (χ1v) is 10.8. The first kappa shape index (κ1) is 22.0. The van der Waals surface area contributed by atoms with Crippen LogP contribution in [0.25, 0.3) is 0 Å². The number of halogens is 2. The number of carbonyl (C=O) groups is 1. The molecule has 0 aromatic heterocycles. The molecule has 1 aliphatic heterocycles. The van der Waals surface area contributed by atoms with Crippen LogP contribution < -0.4 is 14.8 Å². The van der Waals surface area contributed by atoms with Crippen molar-refractivity contribution in [3.63, 3.8) is 0 Å². The second kappa shape index (κ2) is 9.40. The number of amides is 1. The van der Waals surface area contributed by atoms with Crippen molar-refractivity contribution >= 4 is 21.6 Å². The van der Waals surface area contributed by atoms with Gasteiger partial charge in [0.2, 0.25) is 10.0 Å². The molecule has 1 N–H and O–H groups in total. The zero-order chi connectivity index (χ0) is 21.7. The molecular weight excluding hydrogens is 418 g/mol. The molecule has 1 aliphatic rings. The molecule has 0 aliphatic carbocycles. The van der Waals surface area contributed by atoms with Gasteiger partial charge < -0.3 is 14.8 Å². The maximum atomic E-state index is 13.1. The van der Waals surface area contributed by atoms with Gasteiger partial charge in [0.25, 0.3) is 5.91 Å². The number of carbonyl (C=O) groups excluding carboxylic acids is 1. The van der Waals surface area contributed by atoms with Crippen LogP contribution in [0.15, 0.2) is 47.4 Å². The molecule has 0 radical (unpaired) electrons. The summed E-state index contributed by atoms with van der Waals surface area (Å²) in [5, 5.41) is 2.62. The molecule has 1 fully saturated rings. The number of nitrogens with one attached hydrogen (secondary N) is 1. The number of sulfonamides is 1. The van der Waals surface area contributed by atoms with Crippen molar-refractivity contribution in [2.75, 3.05) is 25.5 Å². The van der Waals surface area contributed by atoms with E-state index in [9.17, 15) is 22.0 Å². The molecule has 0 saturated carbocycles. The van der Waals surface area contributed by atoms with Crippen molar-refractivity contribution in [2.45, 2.75) is 30.8 Å². The number of benzene rings is 2. The lowest BCUT2D eigenvalue weighted by Gasteiger charge is -2.26. The van der Waals surface area contributed by atoms with Gasteiger partial charge in [0.15, 0.2) is 0 Å². The standard InChI is InChI=1S/C20H22F2N2O5S/c1-28-17-10-7-15(13-18(17)30(26,27)24-11-3-2-4-12-24)23-19(25)14-5-8-16(9-6-14)29-20(21)22/h5-10,13,20H,2-4,11-12H2,1H3,(H,23,25). The van der Waals surface area contributed by atoms with Gasteiger partial charge in [-0.25, -0.2) is 8.42 Å². The summed E-state index contributed by atoms with van der Waals surface area (Å²) in [7, 11) is -2.39. The van der Waals surface area contributed by atoms with E-state index in [1.54, 1.807) is 0 Å². The Labute approximate surface area is 173 Å². The first-order chi connectivity index (χ1) is 14.3.